The number of carboxylic acids is 1. The van der Waals surface area contributed by atoms with Crippen molar-refractivity contribution < 1.29 is 14.6 Å². The number of ether oxygens (including phenoxy) is 1. The van der Waals surface area contributed by atoms with Crippen LogP contribution in [0.3, 0.4) is 0 Å². The number of rotatable bonds is 6. The molecular weight excluding hydrogens is 272 g/mol. The van der Waals surface area contributed by atoms with Crippen LogP contribution in [0.15, 0.2) is 0 Å². The van der Waals surface area contributed by atoms with Gasteiger partial charge >= 0.3 is 5.97 Å². The highest BCUT2D eigenvalue weighted by molar-refractivity contribution is 5.66. The van der Waals surface area contributed by atoms with E-state index in [0.717, 1.165) is 12.2 Å². The third-order valence-electron chi connectivity index (χ3n) is 4.57. The number of carboxylic acid groups (broad SMARTS) is 1. The predicted octanol–water partition coefficient (Wildman–Crippen LogP) is 1.70. The van der Waals surface area contributed by atoms with E-state index in [-0.39, 0.29) is 30.5 Å². The lowest BCUT2D eigenvalue weighted by atomic mass is 9.88. The van der Waals surface area contributed by atoms with Gasteiger partial charge in [0.15, 0.2) is 5.82 Å². The second-order valence-electron chi connectivity index (χ2n) is 6.02. The summed E-state index contributed by atoms with van der Waals surface area (Å²) in [4.78, 5) is 10.9. The molecule has 7 heteroatoms. The van der Waals surface area contributed by atoms with E-state index < -0.39 is 5.97 Å². The fourth-order valence-electron chi connectivity index (χ4n) is 3.12. The van der Waals surface area contributed by atoms with Crippen LogP contribution in [-0.4, -0.2) is 43.5 Å². The molecule has 0 aliphatic carbocycles. The zero-order valence-electron chi connectivity index (χ0n) is 13.1. The van der Waals surface area contributed by atoms with Crippen LogP contribution >= 0.6 is 0 Å². The molecule has 1 fully saturated rings. The molecule has 2 heterocycles. The fourth-order valence-corrected chi connectivity index (χ4v) is 3.12. The first-order valence-corrected chi connectivity index (χ1v) is 7.57. The summed E-state index contributed by atoms with van der Waals surface area (Å²) in [7, 11) is 0. The lowest BCUT2D eigenvalue weighted by molar-refractivity contribution is -0.138. The van der Waals surface area contributed by atoms with E-state index in [1.807, 2.05) is 13.8 Å². The van der Waals surface area contributed by atoms with Gasteiger partial charge in [0.05, 0.1) is 18.1 Å². The number of hydrogen-bond acceptors (Lipinski definition) is 5. The zero-order chi connectivity index (χ0) is 15.6. The van der Waals surface area contributed by atoms with Crippen molar-refractivity contribution in [3.63, 3.8) is 0 Å². The lowest BCUT2D eigenvalue weighted by Gasteiger charge is -2.19. The van der Waals surface area contributed by atoms with E-state index in [0.29, 0.717) is 12.5 Å². The van der Waals surface area contributed by atoms with Crippen LogP contribution in [0.25, 0.3) is 0 Å². The summed E-state index contributed by atoms with van der Waals surface area (Å²) in [6.07, 6.45) is 1.17. The van der Waals surface area contributed by atoms with Crippen molar-refractivity contribution in [2.75, 3.05) is 0 Å². The van der Waals surface area contributed by atoms with E-state index in [2.05, 4.69) is 29.4 Å². The second-order valence-corrected chi connectivity index (χ2v) is 6.02. The fraction of sp³-hybridized carbons (Fsp3) is 0.857. The average molecular weight is 296 g/mol. The van der Waals surface area contributed by atoms with Crippen LogP contribution in [-0.2, 0) is 16.1 Å². The van der Waals surface area contributed by atoms with Crippen LogP contribution < -0.4 is 0 Å². The van der Waals surface area contributed by atoms with Gasteiger partial charge in [0.1, 0.15) is 0 Å². The minimum absolute atomic E-state index is 0.0371. The molecule has 2 rings (SSSR count). The van der Waals surface area contributed by atoms with Gasteiger partial charge in [0.2, 0.25) is 0 Å². The van der Waals surface area contributed by atoms with Gasteiger partial charge in [0.25, 0.3) is 0 Å². The first-order chi connectivity index (χ1) is 9.93. The number of tetrazole rings is 1. The molecule has 1 N–H and O–H groups in total. The molecule has 7 nitrogen and oxygen atoms in total. The molecule has 1 aromatic rings. The SMILES string of the molecule is CCC(CC(=O)O)Cn1nnnc1C1C(C)OC(C)C1C. The van der Waals surface area contributed by atoms with Crippen LogP contribution in [0.5, 0.6) is 0 Å². The minimum atomic E-state index is -0.781. The number of aromatic nitrogens is 4. The summed E-state index contributed by atoms with van der Waals surface area (Å²) < 4.78 is 7.62. The van der Waals surface area contributed by atoms with Crippen LogP contribution in [0.4, 0.5) is 0 Å². The van der Waals surface area contributed by atoms with Crippen molar-refractivity contribution in [1.29, 1.82) is 0 Å². The van der Waals surface area contributed by atoms with Gasteiger partial charge in [-0.25, -0.2) is 4.68 Å². The number of aliphatic carboxylic acids is 1. The normalized spacial score (nSPS) is 30.5. The van der Waals surface area contributed by atoms with Gasteiger partial charge in [-0.05, 0) is 36.1 Å². The Labute approximate surface area is 124 Å². The average Bonchev–Trinajstić information content (AvgIpc) is 2.94. The molecule has 0 radical (unpaired) electrons. The molecule has 1 aromatic heterocycles. The second kappa shape index (κ2) is 6.51. The summed E-state index contributed by atoms with van der Waals surface area (Å²) in [5.41, 5.74) is 0. The quantitative estimate of drug-likeness (QED) is 0.859. The molecule has 5 atom stereocenters. The predicted molar refractivity (Wildman–Crippen MR) is 75.8 cm³/mol. The molecule has 0 bridgehead atoms. The van der Waals surface area contributed by atoms with Crippen LogP contribution in [0, 0.1) is 11.8 Å². The maximum atomic E-state index is 10.9. The van der Waals surface area contributed by atoms with Crippen molar-refractivity contribution in [3.8, 4) is 0 Å². The summed E-state index contributed by atoms with van der Waals surface area (Å²) in [6, 6.07) is 0. The van der Waals surface area contributed by atoms with Crippen molar-refractivity contribution in [1.82, 2.24) is 20.2 Å². The summed E-state index contributed by atoms with van der Waals surface area (Å²) >= 11 is 0. The van der Waals surface area contributed by atoms with E-state index in [4.69, 9.17) is 9.84 Å². The van der Waals surface area contributed by atoms with Gasteiger partial charge in [-0.1, -0.05) is 20.3 Å². The lowest BCUT2D eigenvalue weighted by Crippen LogP contribution is -2.23. The molecule has 1 aliphatic heterocycles. The Morgan fingerprint density at radius 1 is 1.38 bits per heavy atom. The first-order valence-electron chi connectivity index (χ1n) is 7.57. The van der Waals surface area contributed by atoms with Crippen molar-refractivity contribution >= 4 is 5.97 Å². The largest absolute Gasteiger partial charge is 0.481 e. The molecular formula is C14H24N4O3. The van der Waals surface area contributed by atoms with E-state index in [1.54, 1.807) is 4.68 Å². The molecule has 118 valence electrons. The van der Waals surface area contributed by atoms with Gasteiger partial charge in [-0.2, -0.15) is 0 Å². The molecule has 0 saturated carbocycles. The van der Waals surface area contributed by atoms with E-state index in [1.165, 1.54) is 0 Å². The molecule has 0 aromatic carbocycles. The van der Waals surface area contributed by atoms with Crippen LogP contribution in [0.1, 0.15) is 52.3 Å². The highest BCUT2D eigenvalue weighted by Gasteiger charge is 2.41. The molecule has 21 heavy (non-hydrogen) atoms. The van der Waals surface area contributed by atoms with Crippen molar-refractivity contribution in [2.45, 2.75) is 65.2 Å². The third-order valence-corrected chi connectivity index (χ3v) is 4.57. The molecule has 5 unspecified atom stereocenters. The standard InChI is InChI=1S/C14H24N4O3/c1-5-11(6-12(19)20)7-18-14(15-16-17-18)13-8(2)9(3)21-10(13)4/h8-11,13H,5-7H2,1-4H3,(H,19,20). The van der Waals surface area contributed by atoms with Gasteiger partial charge in [0, 0.05) is 13.0 Å². The first kappa shape index (κ1) is 15.9. The highest BCUT2D eigenvalue weighted by Crippen LogP contribution is 2.38. The molecule has 1 aliphatic rings. The van der Waals surface area contributed by atoms with Crippen LogP contribution in [0.2, 0.25) is 0 Å². The van der Waals surface area contributed by atoms with E-state index in [9.17, 15) is 4.79 Å². The van der Waals surface area contributed by atoms with Gasteiger partial charge in [-0.3, -0.25) is 4.79 Å². The molecule has 1 saturated heterocycles. The Morgan fingerprint density at radius 2 is 2.10 bits per heavy atom. The maximum absolute atomic E-state index is 10.9. The topological polar surface area (TPSA) is 90.1 Å². The minimum Gasteiger partial charge on any atom is -0.481 e. The summed E-state index contributed by atoms with van der Waals surface area (Å²) in [6.45, 7) is 8.78. The Balaban J connectivity index is 2.16. The molecule has 0 amide bonds. The van der Waals surface area contributed by atoms with Crippen molar-refractivity contribution in [2.24, 2.45) is 11.8 Å². The monoisotopic (exact) mass is 296 g/mol. The van der Waals surface area contributed by atoms with E-state index >= 15 is 0 Å². The third kappa shape index (κ3) is 3.40. The molecule has 0 spiro atoms. The number of hydrogen-bond donors (Lipinski definition) is 1. The Bertz CT molecular complexity index is 490. The van der Waals surface area contributed by atoms with Crippen molar-refractivity contribution in [3.05, 3.63) is 5.82 Å². The highest BCUT2D eigenvalue weighted by atomic mass is 16.5. The number of carbonyl (C=O) groups is 1. The Kier molecular flexibility index (Phi) is 4.92. The number of nitrogens with zero attached hydrogens (tertiary/aromatic N) is 4. The Hall–Kier alpha value is -1.50. The van der Waals surface area contributed by atoms with Gasteiger partial charge in [-0.15, -0.1) is 5.10 Å². The smallest absolute Gasteiger partial charge is 0.303 e. The summed E-state index contributed by atoms with van der Waals surface area (Å²) in [5, 5.41) is 21.0. The Morgan fingerprint density at radius 3 is 2.62 bits per heavy atom. The maximum Gasteiger partial charge on any atom is 0.303 e. The zero-order valence-corrected chi connectivity index (χ0v) is 13.1. The summed E-state index contributed by atoms with van der Waals surface area (Å²) in [5.74, 6) is 0.552. The van der Waals surface area contributed by atoms with Gasteiger partial charge < -0.3 is 9.84 Å².